The Labute approximate surface area is 144 Å². The number of hydrazone groups is 1. The Morgan fingerprint density at radius 3 is 2.60 bits per heavy atom. The predicted octanol–water partition coefficient (Wildman–Crippen LogP) is 4.99. The van der Waals surface area contributed by atoms with Gasteiger partial charge in [0.15, 0.2) is 0 Å². The number of para-hydroxylation sites is 1. The minimum atomic E-state index is -0.494. The molecule has 0 bridgehead atoms. The minimum Gasteiger partial charge on any atom is -0.489 e. The lowest BCUT2D eigenvalue weighted by Crippen LogP contribution is -1.99. The fraction of sp³-hybridized carbons (Fsp3) is 0.0500. The van der Waals surface area contributed by atoms with Crippen LogP contribution in [0.4, 0.5) is 14.5 Å². The van der Waals surface area contributed by atoms with E-state index in [-0.39, 0.29) is 12.2 Å². The highest BCUT2D eigenvalue weighted by Crippen LogP contribution is 2.16. The van der Waals surface area contributed by atoms with E-state index in [4.69, 9.17) is 4.74 Å². The van der Waals surface area contributed by atoms with Crippen molar-refractivity contribution < 1.29 is 13.5 Å². The molecule has 0 heterocycles. The molecule has 0 aliphatic heterocycles. The summed E-state index contributed by atoms with van der Waals surface area (Å²) in [6.07, 6.45) is 1.66. The molecule has 0 atom stereocenters. The van der Waals surface area contributed by atoms with Gasteiger partial charge in [0.25, 0.3) is 0 Å². The molecule has 1 N–H and O–H groups in total. The molecule has 0 aliphatic carbocycles. The van der Waals surface area contributed by atoms with Crippen molar-refractivity contribution in [3.63, 3.8) is 0 Å². The smallest absolute Gasteiger partial charge is 0.130 e. The quantitative estimate of drug-likeness (QED) is 0.507. The molecule has 0 aromatic heterocycles. The van der Waals surface area contributed by atoms with Gasteiger partial charge in [0.2, 0.25) is 0 Å². The lowest BCUT2D eigenvalue weighted by Gasteiger charge is -2.08. The summed E-state index contributed by atoms with van der Waals surface area (Å²) in [6.45, 7) is -0.0492. The lowest BCUT2D eigenvalue weighted by atomic mass is 10.2. The van der Waals surface area contributed by atoms with E-state index in [0.717, 1.165) is 29.4 Å². The van der Waals surface area contributed by atoms with Gasteiger partial charge in [-0.2, -0.15) is 5.10 Å². The van der Waals surface area contributed by atoms with Crippen molar-refractivity contribution in [3.05, 3.63) is 95.6 Å². The molecule has 0 unspecified atom stereocenters. The van der Waals surface area contributed by atoms with E-state index < -0.39 is 11.6 Å². The van der Waals surface area contributed by atoms with Crippen LogP contribution in [0.15, 0.2) is 77.9 Å². The maximum atomic E-state index is 13.6. The summed E-state index contributed by atoms with van der Waals surface area (Å²) in [5.41, 5.74) is 4.79. The largest absolute Gasteiger partial charge is 0.489 e. The van der Waals surface area contributed by atoms with Crippen LogP contribution in [-0.4, -0.2) is 6.21 Å². The van der Waals surface area contributed by atoms with Gasteiger partial charge in [0.1, 0.15) is 24.0 Å². The zero-order chi connectivity index (χ0) is 17.5. The second-order valence-electron chi connectivity index (χ2n) is 5.33. The Kier molecular flexibility index (Phi) is 5.36. The first kappa shape index (κ1) is 16.6. The van der Waals surface area contributed by atoms with Crippen LogP contribution in [0.25, 0.3) is 0 Å². The van der Waals surface area contributed by atoms with Crippen LogP contribution >= 0.6 is 0 Å². The van der Waals surface area contributed by atoms with Crippen molar-refractivity contribution >= 4 is 11.9 Å². The number of hydrogen-bond acceptors (Lipinski definition) is 3. The van der Waals surface area contributed by atoms with Crippen LogP contribution in [0.2, 0.25) is 0 Å². The Morgan fingerprint density at radius 1 is 0.920 bits per heavy atom. The molecule has 0 fully saturated rings. The molecule has 3 aromatic rings. The van der Waals surface area contributed by atoms with Gasteiger partial charge in [0.05, 0.1) is 11.9 Å². The molecule has 0 radical (unpaired) electrons. The summed E-state index contributed by atoms with van der Waals surface area (Å²) in [4.78, 5) is 0. The Morgan fingerprint density at radius 2 is 1.76 bits per heavy atom. The maximum absolute atomic E-state index is 13.6. The van der Waals surface area contributed by atoms with Crippen LogP contribution < -0.4 is 10.2 Å². The third-order valence-corrected chi connectivity index (χ3v) is 3.44. The van der Waals surface area contributed by atoms with Crippen molar-refractivity contribution in [1.82, 2.24) is 0 Å². The van der Waals surface area contributed by atoms with Gasteiger partial charge in [-0.25, -0.2) is 8.78 Å². The van der Waals surface area contributed by atoms with Gasteiger partial charge in [-0.3, -0.25) is 5.43 Å². The second-order valence-corrected chi connectivity index (χ2v) is 5.33. The molecular formula is C20H16F2N2O. The van der Waals surface area contributed by atoms with E-state index in [0.29, 0.717) is 5.75 Å². The van der Waals surface area contributed by atoms with Crippen molar-refractivity contribution in [3.8, 4) is 5.75 Å². The highest BCUT2D eigenvalue weighted by atomic mass is 19.1. The molecule has 3 rings (SSSR count). The monoisotopic (exact) mass is 338 g/mol. The third kappa shape index (κ3) is 4.88. The number of benzene rings is 3. The first-order chi connectivity index (χ1) is 12.2. The number of ether oxygens (including phenoxy) is 1. The zero-order valence-electron chi connectivity index (χ0n) is 13.3. The molecule has 0 saturated heterocycles. The Hall–Kier alpha value is -3.21. The van der Waals surface area contributed by atoms with E-state index in [1.807, 2.05) is 36.4 Å². The van der Waals surface area contributed by atoms with Gasteiger partial charge in [-0.1, -0.05) is 30.3 Å². The van der Waals surface area contributed by atoms with Crippen molar-refractivity contribution in [2.75, 3.05) is 5.43 Å². The summed E-state index contributed by atoms with van der Waals surface area (Å²) < 4.78 is 32.3. The molecule has 0 spiro atoms. The number of nitrogens with one attached hydrogen (secondary N) is 1. The molecule has 25 heavy (non-hydrogen) atoms. The van der Waals surface area contributed by atoms with Gasteiger partial charge in [-0.05, 0) is 48.0 Å². The molecule has 3 nitrogen and oxygen atoms in total. The summed E-state index contributed by atoms with van der Waals surface area (Å²) in [5, 5.41) is 4.16. The average Bonchev–Trinajstić information content (AvgIpc) is 2.64. The fourth-order valence-corrected chi connectivity index (χ4v) is 2.19. The molecule has 126 valence electrons. The molecule has 3 aromatic carbocycles. The fourth-order valence-electron chi connectivity index (χ4n) is 2.19. The highest BCUT2D eigenvalue weighted by molar-refractivity contribution is 5.80. The van der Waals surface area contributed by atoms with Crippen LogP contribution in [0.1, 0.15) is 11.1 Å². The summed E-state index contributed by atoms with van der Waals surface area (Å²) >= 11 is 0. The minimum absolute atomic E-state index is 0.0492. The van der Waals surface area contributed by atoms with E-state index in [1.54, 1.807) is 24.4 Å². The number of nitrogens with zero attached hydrogens (tertiary/aromatic N) is 1. The summed E-state index contributed by atoms with van der Waals surface area (Å²) in [5.74, 6) is -0.439. The van der Waals surface area contributed by atoms with Crippen LogP contribution in [-0.2, 0) is 6.61 Å². The highest BCUT2D eigenvalue weighted by Gasteiger charge is 2.05. The van der Waals surface area contributed by atoms with E-state index in [2.05, 4.69) is 10.5 Å². The lowest BCUT2D eigenvalue weighted by molar-refractivity contribution is 0.299. The molecule has 0 aliphatic rings. The number of halogens is 2. The molecule has 0 amide bonds. The second kappa shape index (κ2) is 8.06. The maximum Gasteiger partial charge on any atom is 0.130 e. The molecule has 0 saturated carbocycles. The van der Waals surface area contributed by atoms with Crippen LogP contribution in [0.5, 0.6) is 5.75 Å². The SMILES string of the molecule is Fc1ccc(F)c(COc2cccc(C=NNc3ccccc3)c2)c1. The Bertz CT molecular complexity index is 867. The van der Waals surface area contributed by atoms with Gasteiger partial charge in [0, 0.05) is 5.56 Å². The third-order valence-electron chi connectivity index (χ3n) is 3.44. The number of rotatable bonds is 6. The first-order valence-corrected chi connectivity index (χ1v) is 7.71. The summed E-state index contributed by atoms with van der Waals surface area (Å²) in [7, 11) is 0. The van der Waals surface area contributed by atoms with Crippen LogP contribution in [0, 0.1) is 11.6 Å². The van der Waals surface area contributed by atoms with Crippen LogP contribution in [0.3, 0.4) is 0 Å². The topological polar surface area (TPSA) is 33.6 Å². The van der Waals surface area contributed by atoms with Gasteiger partial charge >= 0.3 is 0 Å². The van der Waals surface area contributed by atoms with E-state index in [9.17, 15) is 8.78 Å². The van der Waals surface area contributed by atoms with Crippen molar-refractivity contribution in [2.24, 2.45) is 5.10 Å². The molecule has 5 heteroatoms. The molecular weight excluding hydrogens is 322 g/mol. The number of anilines is 1. The van der Waals surface area contributed by atoms with Gasteiger partial charge < -0.3 is 4.74 Å². The van der Waals surface area contributed by atoms with Gasteiger partial charge in [-0.15, -0.1) is 0 Å². The number of hydrogen-bond donors (Lipinski definition) is 1. The van der Waals surface area contributed by atoms with E-state index >= 15 is 0 Å². The normalized spacial score (nSPS) is 10.8. The van der Waals surface area contributed by atoms with E-state index in [1.165, 1.54) is 0 Å². The first-order valence-electron chi connectivity index (χ1n) is 7.71. The zero-order valence-corrected chi connectivity index (χ0v) is 13.3. The van der Waals surface area contributed by atoms with Crippen molar-refractivity contribution in [1.29, 1.82) is 0 Å². The Balaban J connectivity index is 1.62. The standard InChI is InChI=1S/C20H16F2N2O/c21-17-9-10-20(22)16(12-17)14-25-19-8-4-5-15(11-19)13-23-24-18-6-2-1-3-7-18/h1-13,24H,14H2. The average molecular weight is 338 g/mol. The van der Waals surface area contributed by atoms with Crippen molar-refractivity contribution in [2.45, 2.75) is 6.61 Å². The summed E-state index contributed by atoms with van der Waals surface area (Å²) in [6, 6.07) is 20.1. The predicted molar refractivity (Wildman–Crippen MR) is 94.8 cm³/mol.